The molecule has 0 saturated carbocycles. The van der Waals surface area contributed by atoms with E-state index in [1.165, 1.54) is 0 Å². The van der Waals surface area contributed by atoms with Gasteiger partial charge in [-0.05, 0) is 19.3 Å². The Bertz CT molecular complexity index is 220. The van der Waals surface area contributed by atoms with Crippen molar-refractivity contribution in [2.75, 3.05) is 6.54 Å². The number of carbonyl (C=O) groups is 1. The molecule has 0 unspecified atom stereocenters. The van der Waals surface area contributed by atoms with Gasteiger partial charge in [0.1, 0.15) is 0 Å². The number of hydrogen-bond acceptors (Lipinski definition) is 1. The largest absolute Gasteiger partial charge is 0.361 e. The highest BCUT2D eigenvalue weighted by molar-refractivity contribution is 6.23. The molecule has 0 aromatic rings. The fraction of sp³-hybridized carbons (Fsp3) is 0.750. The second-order valence-electron chi connectivity index (χ2n) is 2.98. The summed E-state index contributed by atoms with van der Waals surface area (Å²) in [5.74, 6) is -0.179. The highest BCUT2D eigenvalue weighted by Gasteiger charge is 2.27. The van der Waals surface area contributed by atoms with E-state index >= 15 is 0 Å². The minimum atomic E-state index is -0.179. The van der Waals surface area contributed by atoms with Crippen LogP contribution in [0.3, 0.4) is 0 Å². The van der Waals surface area contributed by atoms with Crippen LogP contribution in [0, 0.1) is 0 Å². The molecule has 0 aromatic carbocycles. The van der Waals surface area contributed by atoms with E-state index in [1.807, 2.05) is 0 Å². The Morgan fingerprint density at radius 2 is 2.58 bits per heavy atom. The summed E-state index contributed by atoms with van der Waals surface area (Å²) in [5, 5.41) is 0. The Labute approximate surface area is 71.8 Å². The number of carbonyl (C=O) groups excluding carboxylic acids is 1. The van der Waals surface area contributed by atoms with E-state index in [4.69, 9.17) is 5.53 Å². The second-order valence-corrected chi connectivity index (χ2v) is 2.98. The molecule has 0 spiro atoms. The smallest absolute Gasteiger partial charge is 0.344 e. The lowest BCUT2D eigenvalue weighted by molar-refractivity contribution is -0.128. The maximum Gasteiger partial charge on any atom is 0.344 e. The van der Waals surface area contributed by atoms with Gasteiger partial charge < -0.3 is 10.4 Å². The van der Waals surface area contributed by atoms with Crippen molar-refractivity contribution in [3.8, 4) is 0 Å². The average molecular weight is 167 g/mol. The predicted molar refractivity (Wildman–Crippen MR) is 44.7 cm³/mol. The summed E-state index contributed by atoms with van der Waals surface area (Å²) in [7, 11) is 0. The molecular weight excluding hydrogens is 154 g/mol. The van der Waals surface area contributed by atoms with Gasteiger partial charge in [-0.15, -0.1) is 0 Å². The molecule has 1 fully saturated rings. The third-order valence-corrected chi connectivity index (χ3v) is 2.30. The zero-order valence-corrected chi connectivity index (χ0v) is 7.23. The maximum atomic E-state index is 11.2. The Balaban J connectivity index is 2.60. The second kappa shape index (κ2) is 4.02. The molecule has 0 N–H and O–H groups in total. The molecule has 0 bridgehead atoms. The normalized spacial score (nSPS) is 22.1. The summed E-state index contributed by atoms with van der Waals surface area (Å²) in [6, 6.07) is 0.343. The molecule has 1 amide bonds. The topological polar surface area (TPSA) is 56.7 Å². The third-order valence-electron chi connectivity index (χ3n) is 2.30. The van der Waals surface area contributed by atoms with E-state index < -0.39 is 0 Å². The minimum absolute atomic E-state index is 0.179. The van der Waals surface area contributed by atoms with Gasteiger partial charge in [0.15, 0.2) is 0 Å². The van der Waals surface area contributed by atoms with E-state index in [9.17, 15) is 4.79 Å². The number of nitrogens with zero attached hydrogens (tertiary/aromatic N) is 3. The number of rotatable bonds is 2. The van der Waals surface area contributed by atoms with Gasteiger partial charge in [0, 0.05) is 12.6 Å². The van der Waals surface area contributed by atoms with Gasteiger partial charge in [-0.1, -0.05) is 6.92 Å². The lowest BCUT2D eigenvalue weighted by Gasteiger charge is -2.19. The minimum Gasteiger partial charge on any atom is -0.361 e. The van der Waals surface area contributed by atoms with Gasteiger partial charge in [-0.2, -0.15) is 4.79 Å². The summed E-state index contributed by atoms with van der Waals surface area (Å²) in [6.45, 7) is 2.86. The quantitative estimate of drug-likeness (QED) is 0.339. The van der Waals surface area contributed by atoms with Crippen LogP contribution in [0.1, 0.15) is 26.2 Å². The summed E-state index contributed by atoms with van der Waals surface area (Å²) < 4.78 is 0. The molecule has 1 aliphatic heterocycles. The maximum absolute atomic E-state index is 11.2. The summed E-state index contributed by atoms with van der Waals surface area (Å²) >= 11 is 0. The lowest BCUT2D eigenvalue weighted by atomic mass is 10.2. The molecule has 1 rings (SSSR count). The fourth-order valence-corrected chi connectivity index (χ4v) is 1.67. The van der Waals surface area contributed by atoms with Crippen molar-refractivity contribution in [3.63, 3.8) is 0 Å². The fourth-order valence-electron chi connectivity index (χ4n) is 1.67. The zero-order valence-electron chi connectivity index (χ0n) is 7.23. The van der Waals surface area contributed by atoms with Crippen molar-refractivity contribution in [1.82, 2.24) is 4.90 Å². The molecule has 0 aliphatic carbocycles. The summed E-state index contributed by atoms with van der Waals surface area (Å²) in [5.41, 5.74) is 8.18. The Morgan fingerprint density at radius 3 is 3.17 bits per heavy atom. The standard InChI is InChI=1S/C8H13N3O/c1-2-7-4-3-5-11(7)8(12)6-10-9/h6-7H,2-5H2,1H3/t7-/m1/s1. The molecule has 1 aliphatic rings. The molecule has 0 radical (unpaired) electrons. The highest BCUT2D eigenvalue weighted by Crippen LogP contribution is 2.18. The Kier molecular flexibility index (Phi) is 3.00. The van der Waals surface area contributed by atoms with Crippen molar-refractivity contribution >= 4 is 12.1 Å². The van der Waals surface area contributed by atoms with Crippen molar-refractivity contribution in [2.24, 2.45) is 0 Å². The number of hydrogen-bond donors (Lipinski definition) is 0. The van der Waals surface area contributed by atoms with E-state index in [0.29, 0.717) is 6.04 Å². The SMILES string of the molecule is CC[C@@H]1CCCN1C(=O)C=[N+]=[N-]. The predicted octanol–water partition coefficient (Wildman–Crippen LogP) is 0.688. The van der Waals surface area contributed by atoms with E-state index in [2.05, 4.69) is 11.7 Å². The van der Waals surface area contributed by atoms with Crippen molar-refractivity contribution in [1.29, 1.82) is 0 Å². The van der Waals surface area contributed by atoms with Gasteiger partial charge in [0.25, 0.3) is 0 Å². The van der Waals surface area contributed by atoms with Crippen LogP contribution >= 0.6 is 0 Å². The zero-order chi connectivity index (χ0) is 8.97. The van der Waals surface area contributed by atoms with E-state index in [-0.39, 0.29) is 5.91 Å². The van der Waals surface area contributed by atoms with Crippen LogP contribution in [0.2, 0.25) is 0 Å². The molecule has 12 heavy (non-hydrogen) atoms. The first kappa shape index (κ1) is 8.94. The van der Waals surface area contributed by atoms with Crippen LogP contribution in [-0.2, 0) is 4.79 Å². The molecule has 0 aromatic heterocycles. The van der Waals surface area contributed by atoms with Crippen LogP contribution in [0.4, 0.5) is 0 Å². The van der Waals surface area contributed by atoms with Crippen molar-refractivity contribution in [3.05, 3.63) is 5.53 Å². The van der Waals surface area contributed by atoms with Crippen LogP contribution in [0.15, 0.2) is 0 Å². The van der Waals surface area contributed by atoms with Gasteiger partial charge in [0.05, 0.1) is 0 Å². The molecule has 1 heterocycles. The molecule has 1 saturated heterocycles. The molecule has 4 nitrogen and oxygen atoms in total. The van der Waals surface area contributed by atoms with Crippen molar-refractivity contribution in [2.45, 2.75) is 32.2 Å². The molecule has 4 heteroatoms. The monoisotopic (exact) mass is 167 g/mol. The van der Waals surface area contributed by atoms with Gasteiger partial charge >= 0.3 is 12.1 Å². The molecular formula is C8H13N3O. The first-order chi connectivity index (χ1) is 5.79. The molecule has 66 valence electrons. The van der Waals surface area contributed by atoms with Crippen LogP contribution < -0.4 is 0 Å². The molecule has 1 atom stereocenters. The van der Waals surface area contributed by atoms with Crippen molar-refractivity contribution < 1.29 is 9.58 Å². The Morgan fingerprint density at radius 1 is 1.83 bits per heavy atom. The van der Waals surface area contributed by atoms with E-state index in [1.54, 1.807) is 4.90 Å². The van der Waals surface area contributed by atoms with Crippen LogP contribution in [-0.4, -0.2) is 34.4 Å². The van der Waals surface area contributed by atoms with Crippen LogP contribution in [0.5, 0.6) is 0 Å². The number of likely N-dealkylation sites (tertiary alicyclic amines) is 1. The summed E-state index contributed by atoms with van der Waals surface area (Å²) in [6.07, 6.45) is 4.07. The highest BCUT2D eigenvalue weighted by atomic mass is 16.2. The summed E-state index contributed by atoms with van der Waals surface area (Å²) in [4.78, 5) is 15.7. The lowest BCUT2D eigenvalue weighted by Crippen LogP contribution is -2.35. The van der Waals surface area contributed by atoms with Gasteiger partial charge in [-0.3, -0.25) is 4.79 Å². The average Bonchev–Trinajstić information content (AvgIpc) is 2.51. The van der Waals surface area contributed by atoms with E-state index in [0.717, 1.165) is 32.0 Å². The Hall–Kier alpha value is -1.15. The third kappa shape index (κ3) is 1.71. The van der Waals surface area contributed by atoms with Gasteiger partial charge in [0.2, 0.25) is 0 Å². The first-order valence-corrected chi connectivity index (χ1v) is 4.27. The first-order valence-electron chi connectivity index (χ1n) is 4.27. The van der Waals surface area contributed by atoms with Gasteiger partial charge in [-0.25, -0.2) is 0 Å². The van der Waals surface area contributed by atoms with Crippen LogP contribution in [0.25, 0.3) is 5.53 Å². The number of amides is 1.